The second kappa shape index (κ2) is 22.0. The predicted octanol–water partition coefficient (Wildman–Crippen LogP) is 20.1. The highest BCUT2D eigenvalue weighted by molar-refractivity contribution is 5.88. The maximum atomic E-state index is 3.69. The standard InChI is InChI=1S/C72H67N.C2H6/c1-7-71(6)67-32-22-20-30-60(67)63-44-42-59(49-70(63)71)73(57-28-18-13-19-29-57)58-41-40-55(39-35-52-24-14-12-15-25-52)66(48-58)64-47-56(38-34-50(64)4)65(51(5)54-26-16-10-11-17-27-54)46-53-36-43-62-61-31-21-23-33-68(61)72(8-2,9-3)69(62)45-37-53;1-2/h10-16,18-34,36-38,40-45,47-49,51,65,69H,7-9,17,46H2,1-6H3;1-2H3. The third kappa shape index (κ3) is 9.46. The van der Waals surface area contributed by atoms with Crippen LogP contribution in [0.3, 0.4) is 0 Å². The fourth-order valence-electron chi connectivity index (χ4n) is 12.9. The van der Waals surface area contributed by atoms with Crippen LogP contribution in [0.25, 0.3) is 27.8 Å². The lowest BCUT2D eigenvalue weighted by molar-refractivity contribution is 0.359. The molecule has 0 spiro atoms. The van der Waals surface area contributed by atoms with E-state index in [1.165, 1.54) is 66.8 Å². The molecule has 0 aliphatic heterocycles. The summed E-state index contributed by atoms with van der Waals surface area (Å²) in [6.07, 6.45) is 26.5. The van der Waals surface area contributed by atoms with Crippen molar-refractivity contribution in [2.45, 2.75) is 104 Å². The average molecular weight is 976 g/mol. The fourth-order valence-corrected chi connectivity index (χ4v) is 12.9. The van der Waals surface area contributed by atoms with Crippen LogP contribution in [-0.4, -0.2) is 0 Å². The van der Waals surface area contributed by atoms with Crippen molar-refractivity contribution in [1.29, 1.82) is 0 Å². The summed E-state index contributed by atoms with van der Waals surface area (Å²) in [4.78, 5) is 2.44. The van der Waals surface area contributed by atoms with Gasteiger partial charge in [-0.15, -0.1) is 0 Å². The molecule has 0 fully saturated rings. The lowest BCUT2D eigenvalue weighted by Crippen LogP contribution is -2.28. The molecule has 4 atom stereocenters. The largest absolute Gasteiger partial charge is 0.310 e. The summed E-state index contributed by atoms with van der Waals surface area (Å²) in [5.74, 6) is 8.07. The molecule has 75 heavy (non-hydrogen) atoms. The van der Waals surface area contributed by atoms with Gasteiger partial charge in [-0.2, -0.15) is 0 Å². The van der Waals surface area contributed by atoms with Crippen LogP contribution < -0.4 is 4.90 Å². The van der Waals surface area contributed by atoms with Gasteiger partial charge >= 0.3 is 0 Å². The van der Waals surface area contributed by atoms with Crippen molar-refractivity contribution >= 4 is 22.6 Å². The quantitative estimate of drug-likeness (QED) is 0.110. The summed E-state index contributed by atoms with van der Waals surface area (Å²) in [6, 6.07) is 60.8. The minimum atomic E-state index is -0.0872. The van der Waals surface area contributed by atoms with Gasteiger partial charge in [-0.1, -0.05) is 224 Å². The number of rotatable bonds is 12. The number of nitrogens with zero attached hydrogens (tertiary/aromatic N) is 1. The molecule has 0 bridgehead atoms. The lowest BCUT2D eigenvalue weighted by atomic mass is 9.70. The summed E-state index contributed by atoms with van der Waals surface area (Å²) < 4.78 is 0. The number of fused-ring (bicyclic) bond motifs is 6. The van der Waals surface area contributed by atoms with Gasteiger partial charge in [0.15, 0.2) is 0 Å². The Hall–Kier alpha value is -7.66. The molecule has 374 valence electrons. The Bertz CT molecular complexity index is 3470. The Morgan fingerprint density at radius 2 is 1.27 bits per heavy atom. The molecule has 7 aromatic carbocycles. The van der Waals surface area contributed by atoms with E-state index >= 15 is 0 Å². The van der Waals surface area contributed by atoms with E-state index in [1.54, 1.807) is 0 Å². The van der Waals surface area contributed by atoms with Crippen LogP contribution in [0.15, 0.2) is 230 Å². The van der Waals surface area contributed by atoms with Gasteiger partial charge in [0.05, 0.1) is 0 Å². The zero-order valence-corrected chi connectivity index (χ0v) is 45.5. The van der Waals surface area contributed by atoms with Gasteiger partial charge in [-0.05, 0) is 178 Å². The van der Waals surface area contributed by atoms with Crippen molar-refractivity contribution in [2.24, 2.45) is 11.8 Å². The minimum Gasteiger partial charge on any atom is -0.310 e. The Balaban J connectivity index is 0.00000317. The van der Waals surface area contributed by atoms with E-state index in [0.29, 0.717) is 5.92 Å². The van der Waals surface area contributed by atoms with Gasteiger partial charge in [0, 0.05) is 44.9 Å². The average Bonchev–Trinajstić information content (AvgIpc) is 3.61. The summed E-state index contributed by atoms with van der Waals surface area (Å²) in [7, 11) is 0. The monoisotopic (exact) mass is 976 g/mol. The molecule has 0 aromatic heterocycles. The van der Waals surface area contributed by atoms with Gasteiger partial charge < -0.3 is 4.90 Å². The zero-order chi connectivity index (χ0) is 52.1. The van der Waals surface area contributed by atoms with E-state index in [4.69, 9.17) is 0 Å². The minimum absolute atomic E-state index is 0.0872. The predicted molar refractivity (Wildman–Crippen MR) is 322 cm³/mol. The van der Waals surface area contributed by atoms with Crippen LogP contribution in [0, 0.1) is 30.6 Å². The molecular formula is C74H73N. The van der Waals surface area contributed by atoms with Crippen molar-refractivity contribution < 1.29 is 0 Å². The SMILES string of the molecule is CC.CCC1(C)c2ccccc2-c2ccc(N(c3ccccc3)c3ccc(C#Cc4ccccc4)c(-c4cc(C(CC5=CC=C6c7ccccc7C(CC)(CC)C6C=C5)C(C)C5=CCC=CC=C5)ccc4C)c3)cc21. The number of benzene rings is 7. The molecule has 4 aliphatic carbocycles. The van der Waals surface area contributed by atoms with Gasteiger partial charge in [0.2, 0.25) is 0 Å². The molecule has 4 unspecified atom stereocenters. The maximum absolute atomic E-state index is 3.69. The molecule has 0 heterocycles. The first-order valence-electron chi connectivity index (χ1n) is 27.9. The van der Waals surface area contributed by atoms with Crippen LogP contribution in [0.5, 0.6) is 0 Å². The zero-order valence-electron chi connectivity index (χ0n) is 45.5. The molecule has 0 saturated heterocycles. The second-order valence-corrected chi connectivity index (χ2v) is 21.0. The van der Waals surface area contributed by atoms with Crippen LogP contribution in [0.2, 0.25) is 0 Å². The first-order valence-corrected chi connectivity index (χ1v) is 27.9. The molecule has 11 rings (SSSR count). The van der Waals surface area contributed by atoms with Crippen LogP contribution >= 0.6 is 0 Å². The first-order chi connectivity index (χ1) is 36.7. The van der Waals surface area contributed by atoms with Crippen molar-refractivity contribution in [3.8, 4) is 34.1 Å². The Kier molecular flexibility index (Phi) is 14.9. The van der Waals surface area contributed by atoms with E-state index in [2.05, 4.69) is 277 Å². The van der Waals surface area contributed by atoms with Crippen LogP contribution in [-0.2, 0) is 10.8 Å². The highest BCUT2D eigenvalue weighted by Crippen LogP contribution is 2.56. The summed E-state index contributed by atoms with van der Waals surface area (Å²) >= 11 is 0. The van der Waals surface area contributed by atoms with E-state index in [-0.39, 0.29) is 22.7 Å². The molecular weight excluding hydrogens is 903 g/mol. The molecule has 0 radical (unpaired) electrons. The lowest BCUT2D eigenvalue weighted by Gasteiger charge is -2.33. The summed E-state index contributed by atoms with van der Waals surface area (Å²) in [5, 5.41) is 0. The summed E-state index contributed by atoms with van der Waals surface area (Å²) in [6.45, 7) is 18.2. The first kappa shape index (κ1) is 50.9. The molecule has 1 heteroatoms. The van der Waals surface area contributed by atoms with Crippen molar-refractivity contribution in [2.75, 3.05) is 4.90 Å². The number of para-hydroxylation sites is 1. The number of hydrogen-bond acceptors (Lipinski definition) is 1. The number of anilines is 3. The van der Waals surface area contributed by atoms with E-state index < -0.39 is 0 Å². The Morgan fingerprint density at radius 1 is 0.587 bits per heavy atom. The highest BCUT2D eigenvalue weighted by Gasteiger charge is 2.46. The number of allylic oxidation sites excluding steroid dienone is 12. The smallest absolute Gasteiger partial charge is 0.0468 e. The number of aryl methyl sites for hydroxylation is 1. The van der Waals surface area contributed by atoms with E-state index in [1.807, 2.05) is 13.8 Å². The molecule has 4 aliphatic rings. The second-order valence-electron chi connectivity index (χ2n) is 21.0. The van der Waals surface area contributed by atoms with Gasteiger partial charge in [-0.3, -0.25) is 0 Å². The van der Waals surface area contributed by atoms with Crippen LogP contribution in [0.1, 0.15) is 131 Å². The summed E-state index contributed by atoms with van der Waals surface area (Å²) in [5.41, 5.74) is 23.0. The Morgan fingerprint density at radius 3 is 2.03 bits per heavy atom. The normalized spacial score (nSPS) is 18.2. The number of hydrogen-bond donors (Lipinski definition) is 0. The molecule has 1 nitrogen and oxygen atoms in total. The van der Waals surface area contributed by atoms with Gasteiger partial charge in [-0.25, -0.2) is 0 Å². The molecule has 0 N–H and O–H groups in total. The topological polar surface area (TPSA) is 3.24 Å². The van der Waals surface area contributed by atoms with Gasteiger partial charge in [0.25, 0.3) is 0 Å². The molecule has 0 saturated carbocycles. The third-order valence-corrected chi connectivity index (χ3v) is 17.3. The van der Waals surface area contributed by atoms with Gasteiger partial charge in [0.1, 0.15) is 0 Å². The Labute approximate surface area is 449 Å². The van der Waals surface area contributed by atoms with Crippen molar-refractivity contribution in [3.05, 3.63) is 274 Å². The highest BCUT2D eigenvalue weighted by atomic mass is 15.1. The molecule has 7 aromatic rings. The van der Waals surface area contributed by atoms with E-state index in [9.17, 15) is 0 Å². The molecule has 0 amide bonds. The third-order valence-electron chi connectivity index (χ3n) is 17.3. The van der Waals surface area contributed by atoms with E-state index in [0.717, 1.165) is 65.9 Å². The van der Waals surface area contributed by atoms with Crippen molar-refractivity contribution in [3.63, 3.8) is 0 Å². The fraction of sp³-hybridized carbons (Fsp3) is 0.243. The van der Waals surface area contributed by atoms with Crippen molar-refractivity contribution in [1.82, 2.24) is 0 Å². The van der Waals surface area contributed by atoms with Crippen LogP contribution in [0.4, 0.5) is 17.1 Å². The maximum Gasteiger partial charge on any atom is 0.0468 e.